The van der Waals surface area contributed by atoms with Crippen LogP contribution in [0.5, 0.6) is 0 Å². The molecule has 1 unspecified atom stereocenters. The summed E-state index contributed by atoms with van der Waals surface area (Å²) in [5.74, 6) is -0.736. The van der Waals surface area contributed by atoms with Crippen molar-refractivity contribution in [2.45, 2.75) is 13.0 Å². The largest absolute Gasteiger partial charge is 0.478 e. The number of rotatable bonds is 4. The van der Waals surface area contributed by atoms with Gasteiger partial charge in [-0.15, -0.1) is 0 Å². The molecule has 0 fully saturated rings. The van der Waals surface area contributed by atoms with E-state index in [1.165, 1.54) is 12.3 Å². The summed E-state index contributed by atoms with van der Waals surface area (Å²) in [6.07, 6.45) is 0.728. The number of aromatic carboxylic acids is 1. The van der Waals surface area contributed by atoms with Gasteiger partial charge < -0.3 is 15.5 Å². The van der Waals surface area contributed by atoms with Crippen molar-refractivity contribution in [1.82, 2.24) is 4.98 Å². The summed E-state index contributed by atoms with van der Waals surface area (Å²) >= 11 is 5.63. The molecule has 0 saturated carbocycles. The van der Waals surface area contributed by atoms with Gasteiger partial charge in [-0.1, -0.05) is 11.6 Å². The molecule has 0 saturated heterocycles. The molecule has 0 bridgehead atoms. The zero-order valence-corrected chi connectivity index (χ0v) is 8.82. The minimum absolute atomic E-state index is 0.0141. The van der Waals surface area contributed by atoms with Crippen molar-refractivity contribution in [3.05, 3.63) is 22.8 Å². The normalized spacial score (nSPS) is 12.2. The van der Waals surface area contributed by atoms with Crippen molar-refractivity contribution in [3.63, 3.8) is 0 Å². The average molecular weight is 231 g/mol. The molecule has 82 valence electrons. The molecule has 0 aliphatic rings. The van der Waals surface area contributed by atoms with Crippen molar-refractivity contribution in [3.8, 4) is 0 Å². The van der Waals surface area contributed by atoms with Gasteiger partial charge in [0, 0.05) is 12.7 Å². The molecular formula is C9H11ClN2O3. The molecule has 1 aromatic heterocycles. The predicted molar refractivity (Wildman–Crippen MR) is 56.4 cm³/mol. The second-order valence-electron chi connectivity index (χ2n) is 3.08. The monoisotopic (exact) mass is 230 g/mol. The molecule has 0 aliphatic heterocycles. The van der Waals surface area contributed by atoms with Crippen LogP contribution in [0.25, 0.3) is 0 Å². The summed E-state index contributed by atoms with van der Waals surface area (Å²) in [4.78, 5) is 14.6. The van der Waals surface area contributed by atoms with E-state index in [4.69, 9.17) is 21.8 Å². The van der Waals surface area contributed by atoms with Crippen LogP contribution in [0.15, 0.2) is 12.3 Å². The molecule has 0 amide bonds. The fourth-order valence-corrected chi connectivity index (χ4v) is 1.14. The van der Waals surface area contributed by atoms with E-state index in [-0.39, 0.29) is 10.6 Å². The third kappa shape index (κ3) is 3.38. The number of carbonyl (C=O) groups is 1. The molecule has 1 aromatic rings. The fourth-order valence-electron chi connectivity index (χ4n) is 0.952. The lowest BCUT2D eigenvalue weighted by molar-refractivity contribution is 0.0697. The van der Waals surface area contributed by atoms with Crippen molar-refractivity contribution in [2.24, 2.45) is 0 Å². The Morgan fingerprint density at radius 3 is 2.93 bits per heavy atom. The molecule has 0 spiro atoms. The number of aromatic nitrogens is 1. The second-order valence-corrected chi connectivity index (χ2v) is 3.49. The van der Waals surface area contributed by atoms with Crippen LogP contribution in [-0.2, 0) is 0 Å². The van der Waals surface area contributed by atoms with Gasteiger partial charge in [-0.25, -0.2) is 9.78 Å². The van der Waals surface area contributed by atoms with Crippen molar-refractivity contribution in [1.29, 1.82) is 0 Å². The first-order valence-electron chi connectivity index (χ1n) is 4.31. The van der Waals surface area contributed by atoms with Crippen molar-refractivity contribution in [2.75, 3.05) is 11.9 Å². The first-order chi connectivity index (χ1) is 7.00. The summed E-state index contributed by atoms with van der Waals surface area (Å²) in [5, 5.41) is 20.7. The standard InChI is InChI=1S/C9H11ClN2O3/c1-5(13)3-11-8-2-6(9(14)15)7(10)4-12-8/h2,4-5,13H,3H2,1H3,(H,11,12)(H,14,15). The number of pyridine rings is 1. The smallest absolute Gasteiger partial charge is 0.337 e. The van der Waals surface area contributed by atoms with E-state index >= 15 is 0 Å². The number of hydrogen-bond donors (Lipinski definition) is 3. The highest BCUT2D eigenvalue weighted by atomic mass is 35.5. The molecular weight excluding hydrogens is 220 g/mol. The Morgan fingerprint density at radius 2 is 2.40 bits per heavy atom. The van der Waals surface area contributed by atoms with Gasteiger partial charge in [0.15, 0.2) is 0 Å². The van der Waals surface area contributed by atoms with E-state index in [0.717, 1.165) is 0 Å². The first kappa shape index (κ1) is 11.7. The van der Waals surface area contributed by atoms with E-state index in [1.54, 1.807) is 6.92 Å². The Bertz CT molecular complexity index is 368. The van der Waals surface area contributed by atoms with Crippen molar-refractivity contribution < 1.29 is 15.0 Å². The molecule has 0 aliphatic carbocycles. The molecule has 5 nitrogen and oxygen atoms in total. The summed E-state index contributed by atoms with van der Waals surface area (Å²) in [5.41, 5.74) is -0.0141. The Hall–Kier alpha value is -1.33. The zero-order valence-electron chi connectivity index (χ0n) is 8.07. The topological polar surface area (TPSA) is 82.5 Å². The fraction of sp³-hybridized carbons (Fsp3) is 0.333. The van der Waals surface area contributed by atoms with Gasteiger partial charge in [0.1, 0.15) is 5.82 Å². The second kappa shape index (κ2) is 4.95. The van der Waals surface area contributed by atoms with E-state index in [0.29, 0.717) is 12.4 Å². The molecule has 0 radical (unpaired) electrons. The van der Waals surface area contributed by atoms with Gasteiger partial charge in [0.05, 0.1) is 16.7 Å². The van der Waals surface area contributed by atoms with Gasteiger partial charge in [0.2, 0.25) is 0 Å². The molecule has 3 N–H and O–H groups in total. The van der Waals surface area contributed by atoms with E-state index < -0.39 is 12.1 Å². The van der Waals surface area contributed by atoms with Crippen molar-refractivity contribution >= 4 is 23.4 Å². The maximum Gasteiger partial charge on any atom is 0.337 e. The molecule has 1 rings (SSSR count). The highest BCUT2D eigenvalue weighted by Gasteiger charge is 2.10. The minimum Gasteiger partial charge on any atom is -0.478 e. The highest BCUT2D eigenvalue weighted by molar-refractivity contribution is 6.33. The number of nitrogens with one attached hydrogen (secondary N) is 1. The number of anilines is 1. The zero-order chi connectivity index (χ0) is 11.4. The number of hydrogen-bond acceptors (Lipinski definition) is 4. The first-order valence-corrected chi connectivity index (χ1v) is 4.69. The molecule has 6 heteroatoms. The van der Waals surface area contributed by atoms with E-state index in [9.17, 15) is 4.79 Å². The number of aliphatic hydroxyl groups excluding tert-OH is 1. The SMILES string of the molecule is CC(O)CNc1cc(C(=O)O)c(Cl)cn1. The maximum atomic E-state index is 10.7. The van der Waals surface area contributed by atoms with Crippen LogP contribution >= 0.6 is 11.6 Å². The predicted octanol–water partition coefficient (Wildman–Crippen LogP) is 1.23. The van der Waals surface area contributed by atoms with Crippen LogP contribution in [0.2, 0.25) is 5.02 Å². The molecule has 1 atom stereocenters. The van der Waals surface area contributed by atoms with Gasteiger partial charge in [0.25, 0.3) is 0 Å². The maximum absolute atomic E-state index is 10.7. The van der Waals surface area contributed by atoms with E-state index in [2.05, 4.69) is 10.3 Å². The summed E-state index contributed by atoms with van der Waals surface area (Å²) in [6.45, 7) is 1.91. The van der Waals surface area contributed by atoms with Crippen LogP contribution < -0.4 is 5.32 Å². The van der Waals surface area contributed by atoms with Crippen LogP contribution in [0.1, 0.15) is 17.3 Å². The molecule has 0 aromatic carbocycles. The Morgan fingerprint density at radius 1 is 1.73 bits per heavy atom. The Kier molecular flexibility index (Phi) is 3.88. The number of halogens is 1. The highest BCUT2D eigenvalue weighted by Crippen LogP contribution is 2.17. The number of nitrogens with zero attached hydrogens (tertiary/aromatic N) is 1. The third-order valence-corrected chi connectivity index (χ3v) is 1.97. The van der Waals surface area contributed by atoms with Gasteiger partial charge in [-0.3, -0.25) is 0 Å². The lowest BCUT2D eigenvalue weighted by Crippen LogP contribution is -2.16. The van der Waals surface area contributed by atoms with E-state index in [1.807, 2.05) is 0 Å². The lowest BCUT2D eigenvalue weighted by Gasteiger charge is -2.08. The van der Waals surface area contributed by atoms with Gasteiger partial charge >= 0.3 is 5.97 Å². The lowest BCUT2D eigenvalue weighted by atomic mass is 10.2. The quantitative estimate of drug-likeness (QED) is 0.725. The summed E-state index contributed by atoms with van der Waals surface area (Å²) in [6, 6.07) is 1.33. The minimum atomic E-state index is -1.11. The third-order valence-electron chi connectivity index (χ3n) is 1.66. The summed E-state index contributed by atoms with van der Waals surface area (Å²) < 4.78 is 0. The number of carboxylic acid groups (broad SMARTS) is 1. The molecule has 1 heterocycles. The van der Waals surface area contributed by atoms with Gasteiger partial charge in [-0.2, -0.15) is 0 Å². The van der Waals surface area contributed by atoms with Crippen LogP contribution in [0, 0.1) is 0 Å². The average Bonchev–Trinajstić information content (AvgIpc) is 2.16. The molecule has 15 heavy (non-hydrogen) atoms. The number of carboxylic acids is 1. The van der Waals surface area contributed by atoms with Crippen LogP contribution in [0.4, 0.5) is 5.82 Å². The Labute approximate surface area is 91.7 Å². The number of aliphatic hydroxyl groups is 1. The van der Waals surface area contributed by atoms with Crippen LogP contribution in [-0.4, -0.2) is 33.8 Å². The van der Waals surface area contributed by atoms with Gasteiger partial charge in [-0.05, 0) is 13.0 Å². The van der Waals surface area contributed by atoms with Crippen LogP contribution in [0.3, 0.4) is 0 Å². The Balaban J connectivity index is 2.83. The summed E-state index contributed by atoms with van der Waals surface area (Å²) in [7, 11) is 0.